The average molecular weight is 385 g/mol. The summed E-state index contributed by atoms with van der Waals surface area (Å²) in [6, 6.07) is 14.5. The van der Waals surface area contributed by atoms with Crippen molar-refractivity contribution in [3.05, 3.63) is 48.0 Å². The predicted octanol–water partition coefficient (Wildman–Crippen LogP) is 1.17. The highest BCUT2D eigenvalue weighted by Crippen LogP contribution is 2.30. The summed E-state index contributed by atoms with van der Waals surface area (Å²) in [4.78, 5) is 26.1. The number of hydrogen-bond acceptors (Lipinski definition) is 6. The Kier molecular flexibility index (Phi) is 6.61. The molecule has 1 fully saturated rings. The lowest BCUT2D eigenvalue weighted by molar-refractivity contribution is -0.158. The number of hydrogen-bond donors (Lipinski definition) is 3. The molecule has 3 rings (SSSR count). The second-order valence-electron chi connectivity index (χ2n) is 6.87. The summed E-state index contributed by atoms with van der Waals surface area (Å²) in [6.07, 6.45) is -2.18. The Labute approximate surface area is 164 Å². The van der Waals surface area contributed by atoms with E-state index in [1.165, 1.54) is 16.3 Å². The highest BCUT2D eigenvalue weighted by Gasteiger charge is 2.32. The maximum atomic E-state index is 12.3. The summed E-state index contributed by atoms with van der Waals surface area (Å²) in [5.41, 5.74) is 1.18. The number of benzene rings is 2. The van der Waals surface area contributed by atoms with Crippen molar-refractivity contribution in [1.82, 2.24) is 15.5 Å². The lowest BCUT2D eigenvalue weighted by Crippen LogP contribution is -2.57. The molecule has 0 radical (unpaired) electrons. The molecule has 3 N–H and O–H groups in total. The fraction of sp³-hybridized carbons (Fsp3) is 0.429. The van der Waals surface area contributed by atoms with Crippen LogP contribution in [-0.2, 0) is 14.3 Å². The zero-order valence-electron chi connectivity index (χ0n) is 16.2. The van der Waals surface area contributed by atoms with Crippen molar-refractivity contribution in [1.29, 1.82) is 0 Å². The topological polar surface area (TPSA) is 90.9 Å². The van der Waals surface area contributed by atoms with Crippen LogP contribution in [0.5, 0.6) is 0 Å². The van der Waals surface area contributed by atoms with Gasteiger partial charge in [0.15, 0.2) is 0 Å². The largest absolute Gasteiger partial charge is 0.464 e. The number of carbonyl (C=O) groups is 2. The molecular weight excluding hydrogens is 358 g/mol. The molecule has 2 aromatic carbocycles. The first-order chi connectivity index (χ1) is 13.5. The Morgan fingerprint density at radius 2 is 2.04 bits per heavy atom. The summed E-state index contributed by atoms with van der Waals surface area (Å²) in [6.45, 7) is 5.86. The molecule has 0 aromatic heterocycles. The minimum absolute atomic E-state index is 0.0508. The SMILES string of the molecule is CCOC(=O)C(O)C(=O)NC(C)N1CCNCC1c1cccc2ccccc12. The van der Waals surface area contributed by atoms with E-state index in [2.05, 4.69) is 39.8 Å². The quantitative estimate of drug-likeness (QED) is 0.511. The summed E-state index contributed by atoms with van der Waals surface area (Å²) in [5, 5.41) is 18.4. The second kappa shape index (κ2) is 9.14. The van der Waals surface area contributed by atoms with Gasteiger partial charge in [0.1, 0.15) is 0 Å². The van der Waals surface area contributed by atoms with Crippen LogP contribution in [0.25, 0.3) is 10.8 Å². The highest BCUT2D eigenvalue weighted by molar-refractivity contribution is 6.00. The molecule has 0 saturated carbocycles. The summed E-state index contributed by atoms with van der Waals surface area (Å²) in [7, 11) is 0. The first-order valence-corrected chi connectivity index (χ1v) is 9.62. The predicted molar refractivity (Wildman–Crippen MR) is 107 cm³/mol. The maximum Gasteiger partial charge on any atom is 0.344 e. The highest BCUT2D eigenvalue weighted by atomic mass is 16.5. The van der Waals surface area contributed by atoms with Crippen LogP contribution in [0.2, 0.25) is 0 Å². The molecule has 1 amide bonds. The van der Waals surface area contributed by atoms with Crippen LogP contribution >= 0.6 is 0 Å². The second-order valence-corrected chi connectivity index (χ2v) is 6.87. The third-order valence-electron chi connectivity index (χ3n) is 5.07. The van der Waals surface area contributed by atoms with E-state index in [4.69, 9.17) is 4.74 Å². The minimum atomic E-state index is -1.82. The molecular formula is C21H27N3O4. The Hall–Kier alpha value is -2.48. The Morgan fingerprint density at radius 1 is 1.29 bits per heavy atom. The van der Waals surface area contributed by atoms with Crippen LogP contribution in [0.4, 0.5) is 0 Å². The smallest absolute Gasteiger partial charge is 0.344 e. The van der Waals surface area contributed by atoms with Crippen LogP contribution in [0.15, 0.2) is 42.5 Å². The van der Waals surface area contributed by atoms with Gasteiger partial charge in [-0.05, 0) is 30.2 Å². The molecule has 7 heteroatoms. The maximum absolute atomic E-state index is 12.3. The van der Waals surface area contributed by atoms with Gasteiger partial charge in [-0.1, -0.05) is 42.5 Å². The van der Waals surface area contributed by atoms with Gasteiger partial charge in [-0.2, -0.15) is 0 Å². The van der Waals surface area contributed by atoms with Crippen molar-refractivity contribution in [2.75, 3.05) is 26.2 Å². The molecule has 150 valence electrons. The zero-order valence-corrected chi connectivity index (χ0v) is 16.2. The molecule has 3 unspecified atom stereocenters. The van der Waals surface area contributed by atoms with Crippen molar-refractivity contribution < 1.29 is 19.4 Å². The number of rotatable bonds is 6. The molecule has 2 aromatic rings. The van der Waals surface area contributed by atoms with Crippen molar-refractivity contribution >= 4 is 22.6 Å². The van der Waals surface area contributed by atoms with Gasteiger partial charge in [0.2, 0.25) is 6.10 Å². The lowest BCUT2D eigenvalue weighted by atomic mass is 9.96. The molecule has 1 saturated heterocycles. The third-order valence-corrected chi connectivity index (χ3v) is 5.07. The number of carbonyl (C=O) groups excluding carboxylic acids is 2. The van der Waals surface area contributed by atoms with E-state index in [0.717, 1.165) is 19.6 Å². The van der Waals surface area contributed by atoms with Gasteiger partial charge in [0, 0.05) is 25.7 Å². The number of esters is 1. The Balaban J connectivity index is 1.79. The van der Waals surface area contributed by atoms with E-state index in [9.17, 15) is 14.7 Å². The number of nitrogens with zero attached hydrogens (tertiary/aromatic N) is 1. The van der Waals surface area contributed by atoms with Gasteiger partial charge < -0.3 is 20.5 Å². The van der Waals surface area contributed by atoms with Gasteiger partial charge in [-0.25, -0.2) is 4.79 Å². The van der Waals surface area contributed by atoms with E-state index in [1.807, 2.05) is 25.1 Å². The number of ether oxygens (including phenoxy) is 1. The van der Waals surface area contributed by atoms with E-state index in [0.29, 0.717) is 0 Å². The molecule has 28 heavy (non-hydrogen) atoms. The molecule has 1 heterocycles. The van der Waals surface area contributed by atoms with Crippen LogP contribution in [0.1, 0.15) is 25.5 Å². The first-order valence-electron chi connectivity index (χ1n) is 9.62. The molecule has 0 spiro atoms. The molecule has 0 aliphatic carbocycles. The normalized spacial score (nSPS) is 19.8. The van der Waals surface area contributed by atoms with Crippen LogP contribution in [0.3, 0.4) is 0 Å². The van der Waals surface area contributed by atoms with E-state index in [1.54, 1.807) is 6.92 Å². The van der Waals surface area contributed by atoms with Gasteiger partial charge in [-0.3, -0.25) is 9.69 Å². The number of nitrogens with one attached hydrogen (secondary N) is 2. The summed E-state index contributed by atoms with van der Waals surface area (Å²) >= 11 is 0. The molecule has 3 atom stereocenters. The molecule has 0 bridgehead atoms. The van der Waals surface area contributed by atoms with E-state index < -0.39 is 18.0 Å². The number of aliphatic hydroxyl groups is 1. The van der Waals surface area contributed by atoms with Crippen molar-refractivity contribution in [3.8, 4) is 0 Å². The van der Waals surface area contributed by atoms with Crippen LogP contribution in [-0.4, -0.2) is 60.4 Å². The van der Waals surface area contributed by atoms with Gasteiger partial charge >= 0.3 is 5.97 Å². The van der Waals surface area contributed by atoms with Gasteiger partial charge in [0.25, 0.3) is 5.91 Å². The Morgan fingerprint density at radius 3 is 2.82 bits per heavy atom. The van der Waals surface area contributed by atoms with Crippen LogP contribution < -0.4 is 10.6 Å². The fourth-order valence-electron chi connectivity index (χ4n) is 3.71. The van der Waals surface area contributed by atoms with Gasteiger partial charge in [0.05, 0.1) is 12.8 Å². The molecule has 1 aliphatic heterocycles. The zero-order chi connectivity index (χ0) is 20.1. The fourth-order valence-corrected chi connectivity index (χ4v) is 3.71. The number of fused-ring (bicyclic) bond motifs is 1. The average Bonchev–Trinajstić information content (AvgIpc) is 2.72. The monoisotopic (exact) mass is 385 g/mol. The first kappa shape index (κ1) is 20.3. The third kappa shape index (κ3) is 4.32. The summed E-state index contributed by atoms with van der Waals surface area (Å²) in [5.74, 6) is -1.68. The number of piperazine rings is 1. The standard InChI is InChI=1S/C21H27N3O4/c1-3-28-21(27)19(25)20(26)23-14(2)24-12-11-22-13-18(24)17-10-6-8-15-7-4-5-9-16(15)17/h4-10,14,18-19,22,25H,3,11-13H2,1-2H3,(H,23,26). The molecule has 7 nitrogen and oxygen atoms in total. The summed E-state index contributed by atoms with van der Waals surface area (Å²) < 4.78 is 4.72. The number of aliphatic hydroxyl groups excluding tert-OH is 1. The Bertz CT molecular complexity index is 836. The number of amides is 1. The van der Waals surface area contributed by atoms with Gasteiger partial charge in [-0.15, -0.1) is 0 Å². The van der Waals surface area contributed by atoms with E-state index in [-0.39, 0.29) is 18.8 Å². The van der Waals surface area contributed by atoms with Crippen LogP contribution in [0, 0.1) is 0 Å². The lowest BCUT2D eigenvalue weighted by Gasteiger charge is -2.41. The molecule has 1 aliphatic rings. The van der Waals surface area contributed by atoms with E-state index >= 15 is 0 Å². The van der Waals surface area contributed by atoms with Crippen molar-refractivity contribution in [2.45, 2.75) is 32.2 Å². The van der Waals surface area contributed by atoms with Crippen molar-refractivity contribution in [2.24, 2.45) is 0 Å². The van der Waals surface area contributed by atoms with Crippen molar-refractivity contribution in [3.63, 3.8) is 0 Å². The minimum Gasteiger partial charge on any atom is -0.464 e.